The van der Waals surface area contributed by atoms with Gasteiger partial charge in [-0.2, -0.15) is 0 Å². The summed E-state index contributed by atoms with van der Waals surface area (Å²) in [6.07, 6.45) is 7.29. The molecule has 152 valence electrons. The van der Waals surface area contributed by atoms with E-state index in [1.54, 1.807) is 7.11 Å². The Bertz CT molecular complexity index is 796. The summed E-state index contributed by atoms with van der Waals surface area (Å²) in [4.78, 5) is 7.02. The van der Waals surface area contributed by atoms with Crippen LogP contribution in [0.2, 0.25) is 0 Å². The Balaban J connectivity index is 1.59. The fraction of sp³-hybridized carbons (Fsp3) is 0.591. The van der Waals surface area contributed by atoms with Gasteiger partial charge in [-0.1, -0.05) is 6.92 Å². The summed E-state index contributed by atoms with van der Waals surface area (Å²) in [5, 5.41) is 0. The number of hydrogen-bond acceptors (Lipinski definition) is 5. The third-order valence-electron chi connectivity index (χ3n) is 5.96. The minimum atomic E-state index is 0.465. The molecule has 6 nitrogen and oxygen atoms in total. The number of likely N-dealkylation sites (tertiary alicyclic amines) is 1. The maximum Gasteiger partial charge on any atom is 0.164 e. The number of piperidine rings is 1. The molecule has 6 heteroatoms. The van der Waals surface area contributed by atoms with Crippen LogP contribution in [0.3, 0.4) is 0 Å². The van der Waals surface area contributed by atoms with Crippen LogP contribution in [0.4, 0.5) is 0 Å². The SMILES string of the molecule is COc1cc2c(cc1-c1cncn1C[C@H](C)N1CCC(C)CC1)OCCCO2. The largest absolute Gasteiger partial charge is 0.496 e. The van der Waals surface area contributed by atoms with Crippen LogP contribution in [0.25, 0.3) is 11.3 Å². The van der Waals surface area contributed by atoms with Gasteiger partial charge < -0.3 is 18.8 Å². The van der Waals surface area contributed by atoms with Gasteiger partial charge in [-0.05, 0) is 44.8 Å². The average molecular weight is 386 g/mol. The molecule has 28 heavy (non-hydrogen) atoms. The van der Waals surface area contributed by atoms with Crippen molar-refractivity contribution in [1.29, 1.82) is 0 Å². The maximum atomic E-state index is 5.89. The highest BCUT2D eigenvalue weighted by molar-refractivity contribution is 5.72. The second kappa shape index (κ2) is 8.43. The van der Waals surface area contributed by atoms with Crippen molar-refractivity contribution in [1.82, 2.24) is 14.5 Å². The van der Waals surface area contributed by atoms with Gasteiger partial charge in [0.2, 0.25) is 0 Å². The average Bonchev–Trinajstić information content (AvgIpc) is 3.03. The lowest BCUT2D eigenvalue weighted by Gasteiger charge is -2.35. The molecule has 0 N–H and O–H groups in total. The minimum absolute atomic E-state index is 0.465. The van der Waals surface area contributed by atoms with Crippen LogP contribution in [0.1, 0.15) is 33.1 Å². The molecule has 0 bridgehead atoms. The number of nitrogens with zero attached hydrogens (tertiary/aromatic N) is 3. The predicted molar refractivity (Wildman–Crippen MR) is 109 cm³/mol. The van der Waals surface area contributed by atoms with E-state index in [0.717, 1.165) is 47.4 Å². The number of rotatable bonds is 5. The van der Waals surface area contributed by atoms with E-state index >= 15 is 0 Å². The van der Waals surface area contributed by atoms with Gasteiger partial charge in [0.1, 0.15) is 5.75 Å². The molecule has 0 saturated carbocycles. The van der Waals surface area contributed by atoms with Crippen molar-refractivity contribution in [2.24, 2.45) is 5.92 Å². The normalized spacial score (nSPS) is 19.2. The maximum absolute atomic E-state index is 5.89. The fourth-order valence-corrected chi connectivity index (χ4v) is 4.12. The zero-order valence-electron chi connectivity index (χ0n) is 17.2. The first-order valence-corrected chi connectivity index (χ1v) is 10.4. The molecule has 2 aliphatic heterocycles. The van der Waals surface area contributed by atoms with Crippen molar-refractivity contribution < 1.29 is 14.2 Å². The van der Waals surface area contributed by atoms with Gasteiger partial charge in [-0.25, -0.2) is 4.98 Å². The van der Waals surface area contributed by atoms with Gasteiger partial charge in [0, 0.05) is 30.6 Å². The Morgan fingerprint density at radius 3 is 2.61 bits per heavy atom. The molecular weight excluding hydrogens is 354 g/mol. The summed E-state index contributed by atoms with van der Waals surface area (Å²) in [5.41, 5.74) is 2.04. The van der Waals surface area contributed by atoms with E-state index in [0.29, 0.717) is 19.3 Å². The monoisotopic (exact) mass is 385 g/mol. The molecule has 4 rings (SSSR count). The van der Waals surface area contributed by atoms with Crippen LogP contribution in [0.5, 0.6) is 17.2 Å². The number of imidazole rings is 1. The molecule has 1 saturated heterocycles. The quantitative estimate of drug-likeness (QED) is 0.783. The van der Waals surface area contributed by atoms with E-state index in [2.05, 4.69) is 28.3 Å². The summed E-state index contributed by atoms with van der Waals surface area (Å²) in [5.74, 6) is 3.16. The lowest BCUT2D eigenvalue weighted by molar-refractivity contribution is 0.135. The molecular formula is C22H31N3O3. The first-order chi connectivity index (χ1) is 13.7. The molecule has 3 heterocycles. The Morgan fingerprint density at radius 2 is 1.89 bits per heavy atom. The Hall–Kier alpha value is -2.21. The Labute approximate surface area is 167 Å². The first-order valence-electron chi connectivity index (χ1n) is 10.4. The van der Waals surface area contributed by atoms with Crippen LogP contribution in [-0.4, -0.2) is 53.9 Å². The molecule has 0 radical (unpaired) electrons. The van der Waals surface area contributed by atoms with Gasteiger partial charge in [-0.3, -0.25) is 4.90 Å². The van der Waals surface area contributed by atoms with Gasteiger partial charge in [-0.15, -0.1) is 0 Å². The second-order valence-electron chi connectivity index (χ2n) is 8.05. The lowest BCUT2D eigenvalue weighted by Crippen LogP contribution is -2.41. The summed E-state index contributed by atoms with van der Waals surface area (Å²) in [6, 6.07) is 4.43. The topological polar surface area (TPSA) is 48.8 Å². The third-order valence-corrected chi connectivity index (χ3v) is 5.96. The predicted octanol–water partition coefficient (Wildman–Crippen LogP) is 3.84. The molecule has 1 aromatic heterocycles. The molecule has 2 aliphatic rings. The van der Waals surface area contributed by atoms with E-state index in [9.17, 15) is 0 Å². The lowest BCUT2D eigenvalue weighted by atomic mass is 9.98. The number of aromatic nitrogens is 2. The molecule has 0 aliphatic carbocycles. The first kappa shape index (κ1) is 19.1. The van der Waals surface area contributed by atoms with Crippen molar-refractivity contribution in [2.75, 3.05) is 33.4 Å². The zero-order chi connectivity index (χ0) is 19.5. The van der Waals surface area contributed by atoms with Crippen LogP contribution in [0.15, 0.2) is 24.7 Å². The molecule has 1 fully saturated rings. The van der Waals surface area contributed by atoms with Crippen molar-refractivity contribution >= 4 is 0 Å². The van der Waals surface area contributed by atoms with Crippen molar-refractivity contribution in [2.45, 2.75) is 45.7 Å². The van der Waals surface area contributed by atoms with Gasteiger partial charge in [0.25, 0.3) is 0 Å². The highest BCUT2D eigenvalue weighted by atomic mass is 16.5. The van der Waals surface area contributed by atoms with Crippen LogP contribution < -0.4 is 14.2 Å². The smallest absolute Gasteiger partial charge is 0.164 e. The van der Waals surface area contributed by atoms with Crippen molar-refractivity contribution in [3.63, 3.8) is 0 Å². The summed E-state index contributed by atoms with van der Waals surface area (Å²) in [7, 11) is 1.70. The summed E-state index contributed by atoms with van der Waals surface area (Å²) < 4.78 is 19.6. The molecule has 0 amide bonds. The highest BCUT2D eigenvalue weighted by Crippen LogP contribution is 2.41. The third kappa shape index (κ3) is 3.97. The second-order valence-corrected chi connectivity index (χ2v) is 8.05. The molecule has 1 aromatic carbocycles. The van der Waals surface area contributed by atoms with E-state index in [1.165, 1.54) is 25.9 Å². The van der Waals surface area contributed by atoms with Gasteiger partial charge >= 0.3 is 0 Å². The molecule has 0 spiro atoms. The van der Waals surface area contributed by atoms with Crippen molar-refractivity contribution in [3.8, 4) is 28.5 Å². The Kier molecular flexibility index (Phi) is 5.76. The molecule has 0 unspecified atom stereocenters. The highest BCUT2D eigenvalue weighted by Gasteiger charge is 2.23. The van der Waals surface area contributed by atoms with Crippen LogP contribution in [0, 0.1) is 5.92 Å². The number of fused-ring (bicyclic) bond motifs is 1. The fourth-order valence-electron chi connectivity index (χ4n) is 4.12. The number of ether oxygens (including phenoxy) is 3. The summed E-state index contributed by atoms with van der Waals surface area (Å²) >= 11 is 0. The Morgan fingerprint density at radius 1 is 1.18 bits per heavy atom. The standard InChI is InChI=1S/C22H31N3O3/c1-16-5-7-24(8-6-16)17(2)14-25-15-23-13-19(25)18-11-21-22(12-20(18)26-3)28-10-4-9-27-21/h11-13,15-17H,4-10,14H2,1-3H3/t17-/m0/s1. The van der Waals surface area contributed by atoms with E-state index < -0.39 is 0 Å². The van der Waals surface area contributed by atoms with E-state index in [-0.39, 0.29) is 0 Å². The number of hydrogen-bond donors (Lipinski definition) is 0. The van der Waals surface area contributed by atoms with Crippen molar-refractivity contribution in [3.05, 3.63) is 24.7 Å². The molecule has 2 aromatic rings. The van der Waals surface area contributed by atoms with Gasteiger partial charge in [0.05, 0.1) is 38.5 Å². The number of benzene rings is 1. The summed E-state index contributed by atoms with van der Waals surface area (Å²) in [6.45, 7) is 9.26. The van der Waals surface area contributed by atoms with Gasteiger partial charge in [0.15, 0.2) is 11.5 Å². The minimum Gasteiger partial charge on any atom is -0.496 e. The number of methoxy groups -OCH3 is 1. The zero-order valence-corrected chi connectivity index (χ0v) is 17.2. The van der Waals surface area contributed by atoms with Crippen LogP contribution in [-0.2, 0) is 6.54 Å². The van der Waals surface area contributed by atoms with E-state index in [4.69, 9.17) is 14.2 Å². The molecule has 1 atom stereocenters. The van der Waals surface area contributed by atoms with Crippen LogP contribution >= 0.6 is 0 Å². The van der Waals surface area contributed by atoms with E-state index in [1.807, 2.05) is 24.7 Å².